The van der Waals surface area contributed by atoms with Crippen LogP contribution in [0.1, 0.15) is 24.0 Å². The molecule has 1 aliphatic rings. The SMILES string of the molecule is O=C(Nc1ccc(S(=O)(=O)Nc2ccc(Cl)c(C(F)(F)F)c2)cc1)C1CCCN(S(=O)(=O)Cc2ccc(Cl)c(Cl)c2)C1. The van der Waals surface area contributed by atoms with Gasteiger partial charge in [-0.3, -0.25) is 9.52 Å². The molecule has 0 saturated carbocycles. The molecule has 3 aromatic carbocycles. The molecule has 0 aromatic heterocycles. The van der Waals surface area contributed by atoms with E-state index in [1.165, 1.54) is 40.7 Å². The van der Waals surface area contributed by atoms with Crippen LogP contribution in [0.25, 0.3) is 0 Å². The van der Waals surface area contributed by atoms with Gasteiger partial charge < -0.3 is 5.32 Å². The average molecular weight is 685 g/mol. The Balaban J connectivity index is 1.39. The number of halogens is 6. The summed E-state index contributed by atoms with van der Waals surface area (Å²) < 4.78 is 94.2. The first kappa shape index (κ1) is 32.4. The van der Waals surface area contributed by atoms with E-state index in [4.69, 9.17) is 34.8 Å². The van der Waals surface area contributed by atoms with Crippen LogP contribution in [0, 0.1) is 5.92 Å². The molecule has 16 heteroatoms. The van der Waals surface area contributed by atoms with Crippen LogP contribution in [0.5, 0.6) is 0 Å². The molecule has 1 fully saturated rings. The van der Waals surface area contributed by atoms with Gasteiger partial charge in [-0.2, -0.15) is 13.2 Å². The van der Waals surface area contributed by atoms with E-state index in [1.807, 2.05) is 0 Å². The lowest BCUT2D eigenvalue weighted by Crippen LogP contribution is -2.44. The summed E-state index contributed by atoms with van der Waals surface area (Å²) in [6.07, 6.45) is -3.87. The number of piperidine rings is 1. The molecular formula is C26H23Cl3F3N3O5S2. The molecule has 1 unspecified atom stereocenters. The molecule has 1 amide bonds. The predicted octanol–water partition coefficient (Wildman–Crippen LogP) is 6.65. The summed E-state index contributed by atoms with van der Waals surface area (Å²) in [6, 6.07) is 12.2. The largest absolute Gasteiger partial charge is 0.417 e. The van der Waals surface area contributed by atoms with Gasteiger partial charge in [0.05, 0.1) is 37.2 Å². The molecule has 2 N–H and O–H groups in total. The lowest BCUT2D eigenvalue weighted by atomic mass is 9.99. The molecule has 8 nitrogen and oxygen atoms in total. The molecule has 0 aliphatic carbocycles. The van der Waals surface area contributed by atoms with Crippen molar-refractivity contribution in [3.63, 3.8) is 0 Å². The first-order chi connectivity index (χ1) is 19.5. The highest BCUT2D eigenvalue weighted by Gasteiger charge is 2.34. The number of hydrogen-bond donors (Lipinski definition) is 2. The average Bonchev–Trinajstić information content (AvgIpc) is 2.91. The van der Waals surface area contributed by atoms with Crippen LogP contribution >= 0.6 is 34.8 Å². The third kappa shape index (κ3) is 7.88. The molecule has 1 atom stereocenters. The van der Waals surface area contributed by atoms with Gasteiger partial charge in [0.15, 0.2) is 0 Å². The number of alkyl halides is 3. The van der Waals surface area contributed by atoms with Crippen molar-refractivity contribution < 1.29 is 34.8 Å². The molecule has 0 spiro atoms. The van der Waals surface area contributed by atoms with Crippen molar-refractivity contribution in [1.29, 1.82) is 0 Å². The molecular weight excluding hydrogens is 662 g/mol. The van der Waals surface area contributed by atoms with Crippen molar-refractivity contribution in [3.05, 3.63) is 86.9 Å². The smallest absolute Gasteiger partial charge is 0.326 e. The zero-order valence-corrected chi connectivity index (χ0v) is 25.4. The van der Waals surface area contributed by atoms with Gasteiger partial charge >= 0.3 is 6.18 Å². The standard InChI is InChI=1S/C26H23Cl3F3N3O5S2/c27-22-10-6-19(13-21(22)26(30,31)32)34-42(39,40)20-7-4-18(5-8-20)33-25(36)17-2-1-11-35(14-17)41(37,38)15-16-3-9-23(28)24(29)12-16/h3-10,12-13,17,34H,1-2,11,14-15H2,(H,33,36). The van der Waals surface area contributed by atoms with Gasteiger partial charge in [-0.1, -0.05) is 40.9 Å². The van der Waals surface area contributed by atoms with Crippen molar-refractivity contribution in [2.75, 3.05) is 23.1 Å². The van der Waals surface area contributed by atoms with E-state index in [-0.39, 0.29) is 40.1 Å². The van der Waals surface area contributed by atoms with Crippen molar-refractivity contribution in [3.8, 4) is 0 Å². The fourth-order valence-corrected chi connectivity index (χ4v) is 7.51. The number of amides is 1. The summed E-state index contributed by atoms with van der Waals surface area (Å²) in [7, 11) is -8.03. The Kier molecular flexibility index (Phi) is 9.70. The van der Waals surface area contributed by atoms with Gasteiger partial charge in [0.2, 0.25) is 15.9 Å². The zero-order valence-electron chi connectivity index (χ0n) is 21.5. The van der Waals surface area contributed by atoms with E-state index in [9.17, 15) is 34.8 Å². The summed E-state index contributed by atoms with van der Waals surface area (Å²) >= 11 is 17.5. The second-order valence-corrected chi connectivity index (χ2v) is 14.4. The van der Waals surface area contributed by atoms with E-state index in [1.54, 1.807) is 6.07 Å². The number of rotatable bonds is 8. The molecule has 0 radical (unpaired) electrons. The Morgan fingerprint density at radius 1 is 0.881 bits per heavy atom. The minimum Gasteiger partial charge on any atom is -0.326 e. The van der Waals surface area contributed by atoms with Gasteiger partial charge in [-0.05, 0) is 73.0 Å². The summed E-state index contributed by atoms with van der Waals surface area (Å²) in [5.74, 6) is -1.41. The first-order valence-electron chi connectivity index (χ1n) is 12.3. The van der Waals surface area contributed by atoms with Crippen LogP contribution in [-0.4, -0.2) is 40.1 Å². The van der Waals surface area contributed by atoms with E-state index >= 15 is 0 Å². The topological polar surface area (TPSA) is 113 Å². The van der Waals surface area contributed by atoms with Gasteiger partial charge in [0, 0.05) is 24.5 Å². The number of carbonyl (C=O) groups is 1. The number of carbonyl (C=O) groups excluding carboxylic acids is 1. The molecule has 1 saturated heterocycles. The number of hydrogen-bond acceptors (Lipinski definition) is 5. The lowest BCUT2D eigenvalue weighted by Gasteiger charge is -2.31. The molecule has 42 heavy (non-hydrogen) atoms. The first-order valence-corrected chi connectivity index (χ1v) is 16.5. The quantitative estimate of drug-likeness (QED) is 0.276. The van der Waals surface area contributed by atoms with Crippen molar-refractivity contribution in [1.82, 2.24) is 4.31 Å². The monoisotopic (exact) mass is 683 g/mol. The summed E-state index contributed by atoms with van der Waals surface area (Å²) in [4.78, 5) is 12.7. The van der Waals surface area contributed by atoms with Crippen LogP contribution < -0.4 is 10.0 Å². The highest BCUT2D eigenvalue weighted by Crippen LogP contribution is 2.36. The van der Waals surface area contributed by atoms with Crippen LogP contribution in [-0.2, 0) is 36.8 Å². The molecule has 226 valence electrons. The second kappa shape index (κ2) is 12.6. The fourth-order valence-electron chi connectivity index (χ4n) is 4.32. The fraction of sp³-hybridized carbons (Fsp3) is 0.269. The number of anilines is 2. The molecule has 0 bridgehead atoms. The van der Waals surface area contributed by atoms with Crippen LogP contribution in [0.3, 0.4) is 0 Å². The zero-order chi connectivity index (χ0) is 30.9. The maximum Gasteiger partial charge on any atom is 0.417 e. The Morgan fingerprint density at radius 3 is 2.17 bits per heavy atom. The predicted molar refractivity (Wildman–Crippen MR) is 156 cm³/mol. The second-order valence-electron chi connectivity index (χ2n) is 9.51. The van der Waals surface area contributed by atoms with E-state index in [0.29, 0.717) is 29.5 Å². The van der Waals surface area contributed by atoms with Gasteiger partial charge in [0.1, 0.15) is 0 Å². The maximum absolute atomic E-state index is 13.1. The highest BCUT2D eigenvalue weighted by atomic mass is 35.5. The number of sulfonamides is 2. The number of benzene rings is 3. The maximum atomic E-state index is 13.1. The molecule has 1 aliphatic heterocycles. The Morgan fingerprint density at radius 2 is 1.52 bits per heavy atom. The van der Waals surface area contributed by atoms with Crippen molar-refractivity contribution in [2.24, 2.45) is 5.92 Å². The van der Waals surface area contributed by atoms with E-state index in [2.05, 4.69) is 10.0 Å². The van der Waals surface area contributed by atoms with E-state index < -0.39 is 48.6 Å². The Hall–Kier alpha value is -2.55. The molecule has 1 heterocycles. The Bertz CT molecular complexity index is 1700. The third-order valence-electron chi connectivity index (χ3n) is 6.44. The van der Waals surface area contributed by atoms with E-state index in [0.717, 1.165) is 12.1 Å². The number of nitrogens with zero attached hydrogens (tertiary/aromatic N) is 1. The molecule has 4 rings (SSSR count). The summed E-state index contributed by atoms with van der Waals surface area (Å²) in [5.41, 5.74) is -0.816. The van der Waals surface area contributed by atoms with Crippen molar-refractivity contribution >= 4 is 72.1 Å². The summed E-state index contributed by atoms with van der Waals surface area (Å²) in [5, 5.41) is 2.62. The van der Waals surface area contributed by atoms with Crippen molar-refractivity contribution in [2.45, 2.75) is 29.7 Å². The van der Waals surface area contributed by atoms with Crippen LogP contribution in [0.15, 0.2) is 65.6 Å². The number of nitrogens with one attached hydrogen (secondary N) is 2. The highest BCUT2D eigenvalue weighted by molar-refractivity contribution is 7.92. The lowest BCUT2D eigenvalue weighted by molar-refractivity contribution is -0.137. The van der Waals surface area contributed by atoms with Crippen LogP contribution in [0.4, 0.5) is 24.5 Å². The third-order valence-corrected chi connectivity index (χ3v) is 10.7. The summed E-state index contributed by atoms with van der Waals surface area (Å²) in [6.45, 7) is 0.220. The van der Waals surface area contributed by atoms with Gasteiger partial charge in [0.25, 0.3) is 10.0 Å². The minimum absolute atomic E-state index is 0.0348. The molecule has 3 aromatic rings. The normalized spacial score (nSPS) is 16.7. The Labute approximate surface area is 255 Å². The minimum atomic E-state index is -4.77. The van der Waals surface area contributed by atoms with Gasteiger partial charge in [-0.15, -0.1) is 0 Å². The van der Waals surface area contributed by atoms with Gasteiger partial charge in [-0.25, -0.2) is 21.1 Å². The van der Waals surface area contributed by atoms with Crippen LogP contribution in [0.2, 0.25) is 15.1 Å².